The molecule has 0 bridgehead atoms. The SMILES string of the molecule is COC(=O)CCc1cccc2c1C(C(=O)NC(CC(C)C)c1cc(C)cc(C)c1)CN2Cc1ccccc1. The largest absolute Gasteiger partial charge is 0.469 e. The zero-order chi connectivity index (χ0) is 27.2. The number of rotatable bonds is 10. The molecule has 1 heterocycles. The molecule has 1 N–H and O–H groups in total. The summed E-state index contributed by atoms with van der Waals surface area (Å²) in [5.41, 5.74) is 7.91. The maximum atomic E-state index is 14.1. The van der Waals surface area contributed by atoms with E-state index >= 15 is 0 Å². The second-order valence-electron chi connectivity index (χ2n) is 11.0. The first-order valence-corrected chi connectivity index (χ1v) is 13.6. The Morgan fingerprint density at radius 2 is 1.71 bits per heavy atom. The third-order valence-electron chi connectivity index (χ3n) is 7.29. The molecular formula is C33H40N2O3. The van der Waals surface area contributed by atoms with Crippen molar-refractivity contribution in [2.24, 2.45) is 5.92 Å². The smallest absolute Gasteiger partial charge is 0.305 e. The van der Waals surface area contributed by atoms with Crippen LogP contribution in [0.2, 0.25) is 0 Å². The minimum Gasteiger partial charge on any atom is -0.469 e. The minimum absolute atomic E-state index is 0.0390. The van der Waals surface area contributed by atoms with Crippen LogP contribution >= 0.6 is 0 Å². The van der Waals surface area contributed by atoms with Gasteiger partial charge < -0.3 is 15.0 Å². The van der Waals surface area contributed by atoms with Gasteiger partial charge in [0.05, 0.1) is 19.1 Å². The van der Waals surface area contributed by atoms with Gasteiger partial charge in [0.15, 0.2) is 0 Å². The second-order valence-corrected chi connectivity index (χ2v) is 11.0. The van der Waals surface area contributed by atoms with Crippen molar-refractivity contribution >= 4 is 17.6 Å². The van der Waals surface area contributed by atoms with E-state index in [0.29, 0.717) is 25.3 Å². The predicted molar refractivity (Wildman–Crippen MR) is 153 cm³/mol. The fourth-order valence-electron chi connectivity index (χ4n) is 5.65. The first-order valence-electron chi connectivity index (χ1n) is 13.6. The fourth-order valence-corrected chi connectivity index (χ4v) is 5.65. The summed E-state index contributed by atoms with van der Waals surface area (Å²) in [5.74, 6) is -0.0861. The Kier molecular flexibility index (Phi) is 8.88. The number of carbonyl (C=O) groups is 2. The van der Waals surface area contributed by atoms with Gasteiger partial charge in [0.2, 0.25) is 5.91 Å². The molecule has 1 aliphatic heterocycles. The van der Waals surface area contributed by atoms with Crippen molar-refractivity contribution in [2.75, 3.05) is 18.6 Å². The number of amides is 1. The molecule has 0 aromatic heterocycles. The molecule has 0 aliphatic carbocycles. The molecule has 0 saturated carbocycles. The molecule has 1 aliphatic rings. The molecule has 5 nitrogen and oxygen atoms in total. The Labute approximate surface area is 227 Å². The van der Waals surface area contributed by atoms with E-state index in [1.54, 1.807) is 0 Å². The van der Waals surface area contributed by atoms with Crippen LogP contribution in [0.5, 0.6) is 0 Å². The number of ether oxygens (including phenoxy) is 1. The molecule has 38 heavy (non-hydrogen) atoms. The van der Waals surface area contributed by atoms with Crippen LogP contribution in [0.3, 0.4) is 0 Å². The average Bonchev–Trinajstić information content (AvgIpc) is 3.25. The highest BCUT2D eigenvalue weighted by Crippen LogP contribution is 2.41. The van der Waals surface area contributed by atoms with Crippen LogP contribution in [-0.4, -0.2) is 25.5 Å². The molecule has 2 atom stereocenters. The first-order chi connectivity index (χ1) is 18.2. The summed E-state index contributed by atoms with van der Waals surface area (Å²) in [5, 5.41) is 3.43. The molecule has 2 unspecified atom stereocenters. The molecular weight excluding hydrogens is 472 g/mol. The number of hydrogen-bond donors (Lipinski definition) is 1. The van der Waals surface area contributed by atoms with Gasteiger partial charge in [0.1, 0.15) is 0 Å². The van der Waals surface area contributed by atoms with Crippen LogP contribution < -0.4 is 10.2 Å². The highest BCUT2D eigenvalue weighted by atomic mass is 16.5. The number of nitrogens with one attached hydrogen (secondary N) is 1. The summed E-state index contributed by atoms with van der Waals surface area (Å²) in [6, 6.07) is 23.0. The molecule has 3 aromatic rings. The maximum absolute atomic E-state index is 14.1. The standard InChI is InChI=1S/C33H40N2O3/c1-22(2)16-29(27-18-23(3)17-24(4)19-27)34-33(37)28-21-35(20-25-10-7-6-8-11-25)30-13-9-12-26(32(28)30)14-15-31(36)38-5/h6-13,17-19,22,28-29H,14-16,20-21H2,1-5H3,(H,34,37). The lowest BCUT2D eigenvalue weighted by atomic mass is 9.90. The van der Waals surface area contributed by atoms with Crippen LogP contribution in [0, 0.1) is 19.8 Å². The van der Waals surface area contributed by atoms with Crippen LogP contribution in [0.25, 0.3) is 0 Å². The number of nitrogens with zero attached hydrogens (tertiary/aromatic N) is 1. The van der Waals surface area contributed by atoms with Crippen molar-refractivity contribution in [1.82, 2.24) is 5.32 Å². The molecule has 0 spiro atoms. The average molecular weight is 513 g/mol. The van der Waals surface area contributed by atoms with Crippen LogP contribution in [0.4, 0.5) is 5.69 Å². The van der Waals surface area contributed by atoms with Crippen molar-refractivity contribution in [2.45, 2.75) is 65.5 Å². The molecule has 0 saturated heterocycles. The lowest BCUT2D eigenvalue weighted by Crippen LogP contribution is -2.36. The van der Waals surface area contributed by atoms with Crippen LogP contribution in [-0.2, 0) is 27.3 Å². The molecule has 0 fully saturated rings. The number of methoxy groups -OCH3 is 1. The lowest BCUT2D eigenvalue weighted by Gasteiger charge is -2.25. The summed E-state index contributed by atoms with van der Waals surface area (Å²) in [6.45, 7) is 9.93. The highest BCUT2D eigenvalue weighted by molar-refractivity contribution is 5.89. The summed E-state index contributed by atoms with van der Waals surface area (Å²) >= 11 is 0. The van der Waals surface area contributed by atoms with Gasteiger partial charge in [-0.25, -0.2) is 0 Å². The number of hydrogen-bond acceptors (Lipinski definition) is 4. The summed E-state index contributed by atoms with van der Waals surface area (Å²) in [7, 11) is 1.41. The molecule has 5 heteroatoms. The normalized spacial score (nSPS) is 15.3. The fraction of sp³-hybridized carbons (Fsp3) is 0.394. The van der Waals surface area contributed by atoms with Gasteiger partial charge >= 0.3 is 5.97 Å². The van der Waals surface area contributed by atoms with Crippen LogP contribution in [0.15, 0.2) is 66.7 Å². The Morgan fingerprint density at radius 3 is 2.37 bits per heavy atom. The summed E-state index contributed by atoms with van der Waals surface area (Å²) in [4.78, 5) is 28.3. The zero-order valence-electron chi connectivity index (χ0n) is 23.3. The van der Waals surface area contributed by atoms with Crippen molar-refractivity contribution in [3.63, 3.8) is 0 Å². The topological polar surface area (TPSA) is 58.6 Å². The highest BCUT2D eigenvalue weighted by Gasteiger charge is 2.36. The summed E-state index contributed by atoms with van der Waals surface area (Å²) in [6.07, 6.45) is 1.70. The Hall–Kier alpha value is -3.60. The van der Waals surface area contributed by atoms with E-state index in [1.165, 1.54) is 23.8 Å². The lowest BCUT2D eigenvalue weighted by molar-refractivity contribution is -0.140. The van der Waals surface area contributed by atoms with E-state index < -0.39 is 0 Å². The van der Waals surface area contributed by atoms with Crippen molar-refractivity contribution < 1.29 is 14.3 Å². The number of fused-ring (bicyclic) bond motifs is 1. The molecule has 1 amide bonds. The maximum Gasteiger partial charge on any atom is 0.305 e. The van der Waals surface area contributed by atoms with E-state index in [9.17, 15) is 9.59 Å². The quantitative estimate of drug-likeness (QED) is 0.319. The van der Waals surface area contributed by atoms with E-state index in [-0.39, 0.29) is 23.8 Å². The predicted octanol–water partition coefficient (Wildman–Crippen LogP) is 6.42. The van der Waals surface area contributed by atoms with Crippen molar-refractivity contribution in [3.8, 4) is 0 Å². The number of esters is 1. The summed E-state index contributed by atoms with van der Waals surface area (Å²) < 4.78 is 4.89. The molecule has 0 radical (unpaired) electrons. The third kappa shape index (κ3) is 6.63. The first kappa shape index (κ1) is 27.4. The number of anilines is 1. The van der Waals surface area contributed by atoms with E-state index in [1.807, 2.05) is 30.3 Å². The van der Waals surface area contributed by atoms with Gasteiger partial charge in [0, 0.05) is 25.2 Å². The number of carbonyl (C=O) groups excluding carboxylic acids is 2. The van der Waals surface area contributed by atoms with Gasteiger partial charge in [-0.1, -0.05) is 85.6 Å². The molecule has 3 aromatic carbocycles. The third-order valence-corrected chi connectivity index (χ3v) is 7.29. The van der Waals surface area contributed by atoms with Gasteiger partial charge in [-0.15, -0.1) is 0 Å². The monoisotopic (exact) mass is 512 g/mol. The van der Waals surface area contributed by atoms with Crippen LogP contribution in [0.1, 0.15) is 72.0 Å². The van der Waals surface area contributed by atoms with E-state index in [4.69, 9.17) is 4.74 Å². The Balaban J connectivity index is 1.66. The second kappa shape index (κ2) is 12.3. The minimum atomic E-state index is -0.317. The van der Waals surface area contributed by atoms with Crippen molar-refractivity contribution in [1.29, 1.82) is 0 Å². The van der Waals surface area contributed by atoms with Gasteiger partial charge in [-0.2, -0.15) is 0 Å². The van der Waals surface area contributed by atoms with Gasteiger partial charge in [0.25, 0.3) is 0 Å². The zero-order valence-corrected chi connectivity index (χ0v) is 23.3. The van der Waals surface area contributed by atoms with Gasteiger partial charge in [-0.3, -0.25) is 9.59 Å². The van der Waals surface area contributed by atoms with Crippen molar-refractivity contribution in [3.05, 3.63) is 100 Å². The number of benzene rings is 3. The van der Waals surface area contributed by atoms with Gasteiger partial charge in [-0.05, 0) is 60.9 Å². The number of aryl methyl sites for hydroxylation is 3. The molecule has 200 valence electrons. The van der Waals surface area contributed by atoms with E-state index in [2.05, 4.69) is 74.3 Å². The van der Waals surface area contributed by atoms with E-state index in [0.717, 1.165) is 35.3 Å². The Bertz CT molecular complexity index is 1250. The molecule has 4 rings (SSSR count). The Morgan fingerprint density at radius 1 is 1.00 bits per heavy atom.